The van der Waals surface area contributed by atoms with Crippen LogP contribution in [-0.2, 0) is 16.0 Å². The molecule has 1 aliphatic rings. The molecule has 2 N–H and O–H groups in total. The lowest BCUT2D eigenvalue weighted by molar-refractivity contribution is -0.150. The van der Waals surface area contributed by atoms with Crippen LogP contribution in [-0.4, -0.2) is 52.0 Å². The number of nitrogens with zero attached hydrogens (tertiary/aromatic N) is 2. The summed E-state index contributed by atoms with van der Waals surface area (Å²) in [5.41, 5.74) is 2.98. The number of nitrogens with one attached hydrogen (secondary N) is 1. The van der Waals surface area contributed by atoms with Crippen molar-refractivity contribution in [3.8, 4) is 0 Å². The molecule has 1 aliphatic heterocycles. The van der Waals surface area contributed by atoms with Gasteiger partial charge in [-0.1, -0.05) is 42.5 Å². The third-order valence-corrected chi connectivity index (χ3v) is 5.34. The number of aromatic nitrogens is 1. The maximum atomic E-state index is 13.0. The maximum Gasteiger partial charge on any atom is 0.227 e. The molecule has 29 heavy (non-hydrogen) atoms. The van der Waals surface area contributed by atoms with Crippen LogP contribution in [0.25, 0.3) is 6.08 Å². The highest BCUT2D eigenvalue weighted by atomic mass is 16.3. The van der Waals surface area contributed by atoms with Crippen molar-refractivity contribution >= 4 is 17.9 Å². The van der Waals surface area contributed by atoms with E-state index in [1.807, 2.05) is 49.4 Å². The molecular weight excluding hydrogens is 366 g/mol. The Bertz CT molecular complexity index is 865. The molecular formula is C23H27N3O3. The number of hydrogen-bond acceptors (Lipinski definition) is 4. The zero-order chi connectivity index (χ0) is 20.8. The second-order valence-electron chi connectivity index (χ2n) is 7.29. The van der Waals surface area contributed by atoms with Crippen molar-refractivity contribution < 1.29 is 14.7 Å². The van der Waals surface area contributed by atoms with Gasteiger partial charge in [0.1, 0.15) is 0 Å². The fraction of sp³-hybridized carbons (Fsp3) is 0.348. The molecule has 3 rings (SSSR count). The Balaban J connectivity index is 1.83. The highest BCUT2D eigenvalue weighted by Crippen LogP contribution is 2.41. The van der Waals surface area contributed by atoms with Crippen LogP contribution in [0.15, 0.2) is 54.9 Å². The number of carbonyl (C=O) groups excluding carboxylic acids is 2. The number of amides is 2. The van der Waals surface area contributed by atoms with Crippen LogP contribution in [0.4, 0.5) is 0 Å². The van der Waals surface area contributed by atoms with E-state index in [9.17, 15) is 14.7 Å². The first-order valence-corrected chi connectivity index (χ1v) is 9.83. The van der Waals surface area contributed by atoms with Crippen LogP contribution < -0.4 is 5.32 Å². The van der Waals surface area contributed by atoms with Gasteiger partial charge < -0.3 is 15.3 Å². The molecule has 1 aromatic heterocycles. The first-order valence-electron chi connectivity index (χ1n) is 9.83. The van der Waals surface area contributed by atoms with E-state index in [4.69, 9.17) is 0 Å². The van der Waals surface area contributed by atoms with Crippen LogP contribution in [0, 0.1) is 0 Å². The predicted molar refractivity (Wildman–Crippen MR) is 112 cm³/mol. The summed E-state index contributed by atoms with van der Waals surface area (Å²) in [6.45, 7) is 3.66. The molecule has 0 bridgehead atoms. The third-order valence-electron chi connectivity index (χ3n) is 5.34. The Hall–Kier alpha value is -2.99. The first kappa shape index (κ1) is 20.7. The van der Waals surface area contributed by atoms with Crippen molar-refractivity contribution in [2.45, 2.75) is 38.3 Å². The van der Waals surface area contributed by atoms with Gasteiger partial charge in [-0.15, -0.1) is 0 Å². The Kier molecular flexibility index (Phi) is 6.77. The third kappa shape index (κ3) is 4.71. The Morgan fingerprint density at radius 3 is 2.55 bits per heavy atom. The summed E-state index contributed by atoms with van der Waals surface area (Å²) < 4.78 is 0. The second-order valence-corrected chi connectivity index (χ2v) is 7.29. The fourth-order valence-corrected chi connectivity index (χ4v) is 4.03. The minimum Gasteiger partial charge on any atom is -0.394 e. The van der Waals surface area contributed by atoms with E-state index in [0.717, 1.165) is 16.7 Å². The van der Waals surface area contributed by atoms with Crippen LogP contribution in [0.2, 0.25) is 0 Å². The average molecular weight is 393 g/mol. The topological polar surface area (TPSA) is 82.5 Å². The lowest BCUT2D eigenvalue weighted by Gasteiger charge is -2.55. The predicted octanol–water partition coefficient (Wildman–Crippen LogP) is 2.15. The lowest BCUT2D eigenvalue weighted by atomic mass is 9.74. The molecule has 0 radical (unpaired) electrons. The first-order chi connectivity index (χ1) is 14.0. The number of benzene rings is 1. The summed E-state index contributed by atoms with van der Waals surface area (Å²) in [5.74, 6) is -0.252. The minimum absolute atomic E-state index is 0.0376. The zero-order valence-electron chi connectivity index (χ0n) is 16.8. The maximum absolute atomic E-state index is 13.0. The zero-order valence-corrected chi connectivity index (χ0v) is 16.8. The van der Waals surface area contributed by atoms with Gasteiger partial charge in [0.15, 0.2) is 0 Å². The van der Waals surface area contributed by atoms with Gasteiger partial charge in [0, 0.05) is 31.8 Å². The van der Waals surface area contributed by atoms with Gasteiger partial charge >= 0.3 is 0 Å². The van der Waals surface area contributed by atoms with Crippen molar-refractivity contribution in [1.82, 2.24) is 15.2 Å². The number of allylic oxidation sites excluding steroid dienone is 1. The summed E-state index contributed by atoms with van der Waals surface area (Å²) in [4.78, 5) is 30.3. The van der Waals surface area contributed by atoms with E-state index in [-0.39, 0.29) is 42.8 Å². The minimum atomic E-state index is -0.314. The van der Waals surface area contributed by atoms with Crippen molar-refractivity contribution in [3.05, 3.63) is 71.6 Å². The smallest absolute Gasteiger partial charge is 0.227 e. The number of hydrogen-bond donors (Lipinski definition) is 2. The van der Waals surface area contributed by atoms with Crippen molar-refractivity contribution in [1.29, 1.82) is 0 Å². The van der Waals surface area contributed by atoms with E-state index in [0.29, 0.717) is 6.54 Å². The fourth-order valence-electron chi connectivity index (χ4n) is 4.03. The number of rotatable bonds is 7. The highest BCUT2D eigenvalue weighted by Gasteiger charge is 2.50. The number of likely N-dealkylation sites (tertiary alicyclic amines) is 1. The molecule has 6 heteroatoms. The standard InChI is InChI=1S/C23H27N3O3/c1-3-5-17-7-9-19(10-8-17)23-20(14-25-16(2)28)26(21(23)15-27)22(29)12-18-6-4-11-24-13-18/h3-11,13,20-21,23,27H,12,14-15H2,1-2H3,(H,25,28)/b5-3+/t20-,21+,23+/m0/s1. The van der Waals surface area contributed by atoms with Crippen molar-refractivity contribution in [2.24, 2.45) is 0 Å². The molecule has 2 heterocycles. The van der Waals surface area contributed by atoms with E-state index < -0.39 is 0 Å². The normalized spacial score (nSPS) is 21.1. The van der Waals surface area contributed by atoms with Gasteiger partial charge in [-0.25, -0.2) is 0 Å². The van der Waals surface area contributed by atoms with Gasteiger partial charge in [-0.3, -0.25) is 14.6 Å². The van der Waals surface area contributed by atoms with Gasteiger partial charge in [-0.05, 0) is 29.7 Å². The molecule has 1 fully saturated rings. The summed E-state index contributed by atoms with van der Waals surface area (Å²) in [5, 5.41) is 12.9. The van der Waals surface area contributed by atoms with E-state index in [1.54, 1.807) is 23.4 Å². The molecule has 6 nitrogen and oxygen atoms in total. The van der Waals surface area contributed by atoms with Crippen molar-refractivity contribution in [2.75, 3.05) is 13.2 Å². The molecule has 1 aromatic carbocycles. The van der Waals surface area contributed by atoms with Crippen LogP contribution >= 0.6 is 0 Å². The Labute approximate surface area is 171 Å². The molecule has 0 aliphatic carbocycles. The van der Waals surface area contributed by atoms with E-state index in [2.05, 4.69) is 10.3 Å². The summed E-state index contributed by atoms with van der Waals surface area (Å²) >= 11 is 0. The largest absolute Gasteiger partial charge is 0.394 e. The molecule has 152 valence electrons. The molecule has 0 spiro atoms. The highest BCUT2D eigenvalue weighted by molar-refractivity contribution is 5.81. The number of aliphatic hydroxyl groups is 1. The van der Waals surface area contributed by atoms with Crippen LogP contribution in [0.1, 0.15) is 36.5 Å². The van der Waals surface area contributed by atoms with Crippen LogP contribution in [0.3, 0.4) is 0 Å². The molecule has 2 aromatic rings. The monoisotopic (exact) mass is 393 g/mol. The quantitative estimate of drug-likeness (QED) is 0.755. The molecule has 1 saturated heterocycles. The van der Waals surface area contributed by atoms with E-state index >= 15 is 0 Å². The number of carbonyl (C=O) groups is 2. The lowest BCUT2D eigenvalue weighted by Crippen LogP contribution is -2.68. The summed E-state index contributed by atoms with van der Waals surface area (Å²) in [7, 11) is 0. The molecule has 2 amide bonds. The summed E-state index contributed by atoms with van der Waals surface area (Å²) in [6, 6.07) is 11.3. The molecule has 0 unspecified atom stereocenters. The van der Waals surface area contributed by atoms with E-state index in [1.165, 1.54) is 6.92 Å². The van der Waals surface area contributed by atoms with Gasteiger partial charge in [0.25, 0.3) is 0 Å². The average Bonchev–Trinajstić information content (AvgIpc) is 2.69. The van der Waals surface area contributed by atoms with Gasteiger partial charge in [0.2, 0.25) is 11.8 Å². The number of pyridine rings is 1. The second kappa shape index (κ2) is 9.47. The molecule has 3 atom stereocenters. The van der Waals surface area contributed by atoms with Crippen molar-refractivity contribution in [3.63, 3.8) is 0 Å². The number of aliphatic hydroxyl groups excluding tert-OH is 1. The van der Waals surface area contributed by atoms with Crippen LogP contribution in [0.5, 0.6) is 0 Å². The molecule has 0 saturated carbocycles. The Morgan fingerprint density at radius 2 is 1.97 bits per heavy atom. The van der Waals surface area contributed by atoms with Gasteiger partial charge in [-0.2, -0.15) is 0 Å². The SMILES string of the molecule is C/C=C/c1ccc([C@H]2[C@@H](CO)N(C(=O)Cc3cccnc3)[C@H]2CNC(C)=O)cc1. The summed E-state index contributed by atoms with van der Waals surface area (Å²) in [6.07, 6.45) is 7.56. The Morgan fingerprint density at radius 1 is 1.21 bits per heavy atom. The van der Waals surface area contributed by atoms with Gasteiger partial charge in [0.05, 0.1) is 25.1 Å².